The molecule has 5 nitrogen and oxygen atoms in total. The molecule has 0 radical (unpaired) electrons. The van der Waals surface area contributed by atoms with E-state index in [4.69, 9.17) is 11.6 Å². The number of amides is 2. The normalized spacial score (nSPS) is 21.2. The summed E-state index contributed by atoms with van der Waals surface area (Å²) < 4.78 is 0. The largest absolute Gasteiger partial charge is 0.393 e. The first-order valence-electron chi connectivity index (χ1n) is 7.51. The van der Waals surface area contributed by atoms with Crippen LogP contribution >= 0.6 is 11.6 Å². The number of hydrogen-bond donors (Lipinski definition) is 3. The van der Waals surface area contributed by atoms with E-state index in [-0.39, 0.29) is 5.92 Å². The number of aliphatic hydroxyl groups excluding tert-OH is 1. The zero-order valence-corrected chi connectivity index (χ0v) is 13.3. The number of nitrogens with one attached hydrogen (secondary N) is 2. The van der Waals surface area contributed by atoms with Crippen LogP contribution in [0.5, 0.6) is 0 Å². The highest BCUT2D eigenvalue weighted by Gasteiger charge is 2.24. The fraction of sp³-hybridized carbons (Fsp3) is 0.500. The van der Waals surface area contributed by atoms with Crippen LogP contribution in [0.3, 0.4) is 0 Å². The molecule has 1 saturated carbocycles. The maximum absolute atomic E-state index is 11.9. The van der Waals surface area contributed by atoms with Gasteiger partial charge in [-0.1, -0.05) is 30.5 Å². The molecule has 2 rings (SSSR count). The number of anilines is 1. The molecule has 1 aromatic carbocycles. The predicted molar refractivity (Wildman–Crippen MR) is 85.8 cm³/mol. The number of benzene rings is 1. The Balaban J connectivity index is 1.85. The number of carbonyl (C=O) groups is 2. The van der Waals surface area contributed by atoms with E-state index >= 15 is 0 Å². The SMILES string of the molecule is Cc1ccc(NC(=O)C(=O)NC[C@H]2CCCC[C@H]2O)c(Cl)c1. The highest BCUT2D eigenvalue weighted by Crippen LogP contribution is 2.24. The molecule has 120 valence electrons. The van der Waals surface area contributed by atoms with Gasteiger partial charge in [0.2, 0.25) is 0 Å². The second kappa shape index (κ2) is 7.61. The van der Waals surface area contributed by atoms with Crippen molar-refractivity contribution < 1.29 is 14.7 Å². The molecule has 0 heterocycles. The lowest BCUT2D eigenvalue weighted by Gasteiger charge is -2.27. The fourth-order valence-electron chi connectivity index (χ4n) is 2.63. The molecule has 6 heteroatoms. The number of aliphatic hydroxyl groups is 1. The lowest BCUT2D eigenvalue weighted by molar-refractivity contribution is -0.136. The van der Waals surface area contributed by atoms with Gasteiger partial charge in [0.25, 0.3) is 0 Å². The summed E-state index contributed by atoms with van der Waals surface area (Å²) in [6.07, 6.45) is 3.28. The first kappa shape index (κ1) is 16.8. The molecule has 0 aliphatic heterocycles. The van der Waals surface area contributed by atoms with Crippen molar-refractivity contribution in [2.24, 2.45) is 5.92 Å². The Morgan fingerprint density at radius 2 is 2.00 bits per heavy atom. The molecule has 0 unspecified atom stereocenters. The summed E-state index contributed by atoms with van der Waals surface area (Å²) in [4.78, 5) is 23.7. The number of rotatable bonds is 3. The molecule has 1 fully saturated rings. The second-order valence-electron chi connectivity index (χ2n) is 5.76. The fourth-order valence-corrected chi connectivity index (χ4v) is 2.91. The molecule has 0 spiro atoms. The van der Waals surface area contributed by atoms with Crippen LogP contribution in [0.4, 0.5) is 5.69 Å². The molecule has 0 saturated heterocycles. The summed E-state index contributed by atoms with van der Waals surface area (Å²) in [5.74, 6) is -1.45. The van der Waals surface area contributed by atoms with Crippen molar-refractivity contribution in [3.8, 4) is 0 Å². The van der Waals surface area contributed by atoms with Gasteiger partial charge in [-0.25, -0.2) is 0 Å². The lowest BCUT2D eigenvalue weighted by atomic mass is 9.86. The molecule has 0 bridgehead atoms. The van der Waals surface area contributed by atoms with Crippen molar-refractivity contribution in [3.05, 3.63) is 28.8 Å². The molecule has 22 heavy (non-hydrogen) atoms. The summed E-state index contributed by atoms with van der Waals surface area (Å²) in [6.45, 7) is 2.20. The third-order valence-corrected chi connectivity index (χ3v) is 4.29. The first-order chi connectivity index (χ1) is 10.5. The summed E-state index contributed by atoms with van der Waals surface area (Å²) >= 11 is 6.02. The van der Waals surface area contributed by atoms with Crippen LogP contribution in [0.25, 0.3) is 0 Å². The van der Waals surface area contributed by atoms with Crippen LogP contribution < -0.4 is 10.6 Å². The van der Waals surface area contributed by atoms with E-state index in [1.807, 2.05) is 6.92 Å². The maximum Gasteiger partial charge on any atom is 0.313 e. The summed E-state index contributed by atoms with van der Waals surface area (Å²) in [5.41, 5.74) is 1.38. The maximum atomic E-state index is 11.9. The van der Waals surface area contributed by atoms with Crippen molar-refractivity contribution in [1.29, 1.82) is 0 Å². The van der Waals surface area contributed by atoms with Gasteiger partial charge in [-0.2, -0.15) is 0 Å². The van der Waals surface area contributed by atoms with Crippen LogP contribution in [0, 0.1) is 12.8 Å². The Kier molecular flexibility index (Phi) is 5.80. The van der Waals surface area contributed by atoms with Crippen molar-refractivity contribution in [3.63, 3.8) is 0 Å². The Hall–Kier alpha value is -1.59. The van der Waals surface area contributed by atoms with Gasteiger partial charge in [0, 0.05) is 12.5 Å². The van der Waals surface area contributed by atoms with Crippen molar-refractivity contribution in [1.82, 2.24) is 5.32 Å². The van der Waals surface area contributed by atoms with Crippen molar-refractivity contribution in [2.45, 2.75) is 38.7 Å². The minimum absolute atomic E-state index is 0.0217. The second-order valence-corrected chi connectivity index (χ2v) is 6.17. The highest BCUT2D eigenvalue weighted by molar-refractivity contribution is 6.41. The van der Waals surface area contributed by atoms with Gasteiger partial charge in [-0.3, -0.25) is 9.59 Å². The zero-order valence-electron chi connectivity index (χ0n) is 12.6. The molecule has 0 aromatic heterocycles. The van der Waals surface area contributed by atoms with Crippen molar-refractivity contribution >= 4 is 29.1 Å². The summed E-state index contributed by atoms with van der Waals surface area (Å²) in [5, 5.41) is 15.3. The Bertz CT molecular complexity index is 562. The molecule has 2 atom stereocenters. The van der Waals surface area contributed by atoms with E-state index in [0.717, 1.165) is 31.2 Å². The summed E-state index contributed by atoms with van der Waals surface area (Å²) in [7, 11) is 0. The average Bonchev–Trinajstić information content (AvgIpc) is 2.49. The van der Waals surface area contributed by atoms with Gasteiger partial charge < -0.3 is 15.7 Å². The smallest absolute Gasteiger partial charge is 0.313 e. The van der Waals surface area contributed by atoms with E-state index in [0.29, 0.717) is 17.3 Å². The minimum atomic E-state index is -0.754. The topological polar surface area (TPSA) is 78.4 Å². The molecule has 1 aromatic rings. The van der Waals surface area contributed by atoms with E-state index in [1.54, 1.807) is 18.2 Å². The van der Waals surface area contributed by atoms with Crippen LogP contribution in [-0.4, -0.2) is 29.6 Å². The van der Waals surface area contributed by atoms with E-state index in [1.165, 1.54) is 0 Å². The molecule has 1 aliphatic rings. The number of halogens is 1. The Morgan fingerprint density at radius 1 is 1.27 bits per heavy atom. The molecular weight excluding hydrogens is 304 g/mol. The molecular formula is C16H21ClN2O3. The lowest BCUT2D eigenvalue weighted by Crippen LogP contribution is -2.41. The molecule has 3 N–H and O–H groups in total. The average molecular weight is 325 g/mol. The van der Waals surface area contributed by atoms with Crippen LogP contribution in [0.15, 0.2) is 18.2 Å². The summed E-state index contributed by atoms with van der Waals surface area (Å²) in [6, 6.07) is 5.18. The highest BCUT2D eigenvalue weighted by atomic mass is 35.5. The van der Waals surface area contributed by atoms with E-state index in [2.05, 4.69) is 10.6 Å². The van der Waals surface area contributed by atoms with Gasteiger partial charge in [-0.05, 0) is 37.5 Å². The quantitative estimate of drug-likeness (QED) is 0.746. The van der Waals surface area contributed by atoms with Gasteiger partial charge in [0.1, 0.15) is 0 Å². The number of carbonyl (C=O) groups excluding carboxylic acids is 2. The third kappa shape index (κ3) is 4.45. The Morgan fingerprint density at radius 3 is 2.68 bits per heavy atom. The standard InChI is InChI=1S/C16H21ClN2O3/c1-10-6-7-13(12(17)8-10)19-16(22)15(21)18-9-11-4-2-3-5-14(11)20/h6-8,11,14,20H,2-5,9H2,1H3,(H,18,21)(H,19,22)/t11-,14-/m1/s1. The van der Waals surface area contributed by atoms with E-state index in [9.17, 15) is 14.7 Å². The monoisotopic (exact) mass is 324 g/mol. The number of hydrogen-bond acceptors (Lipinski definition) is 3. The van der Waals surface area contributed by atoms with Gasteiger partial charge in [-0.15, -0.1) is 0 Å². The molecule has 2 amide bonds. The minimum Gasteiger partial charge on any atom is -0.393 e. The van der Waals surface area contributed by atoms with Crippen LogP contribution in [0.2, 0.25) is 5.02 Å². The van der Waals surface area contributed by atoms with Crippen LogP contribution in [0.1, 0.15) is 31.2 Å². The predicted octanol–water partition coefficient (Wildman–Crippen LogP) is 2.25. The van der Waals surface area contributed by atoms with Gasteiger partial charge in [0.15, 0.2) is 0 Å². The van der Waals surface area contributed by atoms with Gasteiger partial charge >= 0.3 is 11.8 Å². The third-order valence-electron chi connectivity index (χ3n) is 3.97. The van der Waals surface area contributed by atoms with Crippen molar-refractivity contribution in [2.75, 3.05) is 11.9 Å². The molecule has 1 aliphatic carbocycles. The first-order valence-corrected chi connectivity index (χ1v) is 7.88. The number of aryl methyl sites for hydroxylation is 1. The zero-order chi connectivity index (χ0) is 16.1. The van der Waals surface area contributed by atoms with Gasteiger partial charge in [0.05, 0.1) is 16.8 Å². The van der Waals surface area contributed by atoms with Crippen LogP contribution in [-0.2, 0) is 9.59 Å². The Labute approximate surface area is 135 Å². The van der Waals surface area contributed by atoms with E-state index < -0.39 is 17.9 Å².